The van der Waals surface area contributed by atoms with Gasteiger partial charge in [0.1, 0.15) is 0 Å². The molecule has 3 aromatic rings. The SMILES string of the molecule is Cc1cc(C)nc(-n2nc(C)c(CC(=O)N=c3sccn3C)c2C)n1. The van der Waals surface area contributed by atoms with Crippen LogP contribution in [0.2, 0.25) is 0 Å². The third-order valence-corrected chi connectivity index (χ3v) is 4.76. The first kappa shape index (κ1) is 17.2. The van der Waals surface area contributed by atoms with Gasteiger partial charge >= 0.3 is 0 Å². The van der Waals surface area contributed by atoms with Crippen LogP contribution < -0.4 is 4.80 Å². The molecule has 3 aromatic heterocycles. The first-order valence-corrected chi connectivity index (χ1v) is 8.78. The van der Waals surface area contributed by atoms with Gasteiger partial charge in [-0.3, -0.25) is 4.79 Å². The number of hydrogen-bond donors (Lipinski definition) is 0. The van der Waals surface area contributed by atoms with Crippen molar-refractivity contribution in [2.24, 2.45) is 12.0 Å². The highest BCUT2D eigenvalue weighted by atomic mass is 32.1. The summed E-state index contributed by atoms with van der Waals surface area (Å²) in [5.41, 5.74) is 4.29. The molecule has 0 saturated heterocycles. The molecule has 25 heavy (non-hydrogen) atoms. The lowest BCUT2D eigenvalue weighted by molar-refractivity contribution is -0.117. The first-order chi connectivity index (χ1) is 11.8. The molecule has 0 atom stereocenters. The molecule has 0 aliphatic carbocycles. The minimum Gasteiger partial charge on any atom is -0.327 e. The maximum atomic E-state index is 12.3. The average Bonchev–Trinajstić information content (AvgIpc) is 3.04. The predicted octanol–water partition coefficient (Wildman–Crippen LogP) is 1.97. The molecule has 7 nitrogen and oxygen atoms in total. The molecule has 1 amide bonds. The number of rotatable bonds is 3. The summed E-state index contributed by atoms with van der Waals surface area (Å²) in [5.74, 6) is 0.337. The van der Waals surface area contributed by atoms with E-state index in [4.69, 9.17) is 0 Å². The van der Waals surface area contributed by atoms with E-state index < -0.39 is 0 Å². The Morgan fingerprint density at radius 2 is 1.88 bits per heavy atom. The second-order valence-corrected chi connectivity index (χ2v) is 6.86. The van der Waals surface area contributed by atoms with E-state index in [-0.39, 0.29) is 12.3 Å². The Kier molecular flexibility index (Phi) is 4.63. The zero-order valence-corrected chi connectivity index (χ0v) is 15.8. The van der Waals surface area contributed by atoms with Crippen molar-refractivity contribution in [2.45, 2.75) is 34.1 Å². The fourth-order valence-electron chi connectivity index (χ4n) is 2.66. The average molecular weight is 356 g/mol. The highest BCUT2D eigenvalue weighted by Crippen LogP contribution is 2.17. The molecule has 0 saturated carbocycles. The van der Waals surface area contributed by atoms with E-state index in [1.807, 2.05) is 57.0 Å². The van der Waals surface area contributed by atoms with E-state index >= 15 is 0 Å². The first-order valence-electron chi connectivity index (χ1n) is 7.90. The molecule has 0 radical (unpaired) electrons. The van der Waals surface area contributed by atoms with Gasteiger partial charge in [0, 0.05) is 41.3 Å². The molecule has 3 heterocycles. The van der Waals surface area contributed by atoms with Crippen LogP contribution in [0.5, 0.6) is 0 Å². The molecule has 8 heteroatoms. The molecular weight excluding hydrogens is 336 g/mol. The van der Waals surface area contributed by atoms with Gasteiger partial charge in [0.25, 0.3) is 11.9 Å². The number of nitrogens with zero attached hydrogens (tertiary/aromatic N) is 6. The highest BCUT2D eigenvalue weighted by molar-refractivity contribution is 7.07. The van der Waals surface area contributed by atoms with Crippen LogP contribution in [-0.4, -0.2) is 30.2 Å². The molecule has 0 N–H and O–H groups in total. The monoisotopic (exact) mass is 356 g/mol. The Hall–Kier alpha value is -2.61. The zero-order valence-electron chi connectivity index (χ0n) is 14.9. The van der Waals surface area contributed by atoms with Gasteiger partial charge in [0.05, 0.1) is 12.1 Å². The molecule has 3 rings (SSSR count). The number of amides is 1. The molecule has 0 aromatic carbocycles. The van der Waals surface area contributed by atoms with Crippen molar-refractivity contribution in [1.82, 2.24) is 24.3 Å². The van der Waals surface area contributed by atoms with E-state index in [1.165, 1.54) is 11.3 Å². The summed E-state index contributed by atoms with van der Waals surface area (Å²) in [6.45, 7) is 7.66. The van der Waals surface area contributed by atoms with E-state index in [9.17, 15) is 4.79 Å². The van der Waals surface area contributed by atoms with Crippen molar-refractivity contribution < 1.29 is 4.79 Å². The smallest absolute Gasteiger partial charge is 0.252 e. The van der Waals surface area contributed by atoms with Crippen LogP contribution in [0, 0.1) is 27.7 Å². The van der Waals surface area contributed by atoms with E-state index in [1.54, 1.807) is 4.68 Å². The molecule has 0 fully saturated rings. The molecule has 0 spiro atoms. The molecule has 130 valence electrons. The van der Waals surface area contributed by atoms with Gasteiger partial charge in [-0.1, -0.05) is 0 Å². The zero-order chi connectivity index (χ0) is 18.1. The maximum Gasteiger partial charge on any atom is 0.252 e. The van der Waals surface area contributed by atoms with Crippen LogP contribution in [-0.2, 0) is 18.3 Å². The van der Waals surface area contributed by atoms with Crippen molar-refractivity contribution in [3.05, 3.63) is 50.8 Å². The van der Waals surface area contributed by atoms with Crippen molar-refractivity contribution >= 4 is 17.2 Å². The van der Waals surface area contributed by atoms with Gasteiger partial charge in [-0.25, -0.2) is 14.6 Å². The summed E-state index contributed by atoms with van der Waals surface area (Å²) in [6, 6.07) is 1.92. The second-order valence-electron chi connectivity index (χ2n) is 5.99. The number of carbonyl (C=O) groups is 1. The van der Waals surface area contributed by atoms with Gasteiger partial charge in [0.2, 0.25) is 0 Å². The number of aromatic nitrogens is 5. The quantitative estimate of drug-likeness (QED) is 0.719. The topological polar surface area (TPSA) is 78.0 Å². The van der Waals surface area contributed by atoms with Gasteiger partial charge in [-0.2, -0.15) is 10.1 Å². The Morgan fingerprint density at radius 3 is 2.48 bits per heavy atom. The van der Waals surface area contributed by atoms with E-state index in [2.05, 4.69) is 20.1 Å². The third kappa shape index (κ3) is 3.58. The molecule has 0 unspecified atom stereocenters. The molecular formula is C17H20N6OS. The van der Waals surface area contributed by atoms with Crippen molar-refractivity contribution in [1.29, 1.82) is 0 Å². The minimum absolute atomic E-state index is 0.190. The standard InChI is InChI=1S/C17H20N6OS/c1-10-8-11(2)19-16(18-10)23-13(4)14(12(3)21-23)9-15(24)20-17-22(5)6-7-25-17/h6-8H,9H2,1-5H3. The summed E-state index contributed by atoms with van der Waals surface area (Å²) in [4.78, 5) is 26.1. The Bertz CT molecular complexity index is 990. The number of thiazole rings is 1. The van der Waals surface area contributed by atoms with Crippen molar-refractivity contribution in [3.8, 4) is 5.95 Å². The fraction of sp³-hybridized carbons (Fsp3) is 0.353. The predicted molar refractivity (Wildman–Crippen MR) is 95.7 cm³/mol. The van der Waals surface area contributed by atoms with Crippen LogP contribution in [0.1, 0.15) is 28.3 Å². The van der Waals surface area contributed by atoms with Crippen LogP contribution in [0.3, 0.4) is 0 Å². The summed E-state index contributed by atoms with van der Waals surface area (Å²) in [6.07, 6.45) is 2.09. The Morgan fingerprint density at radius 1 is 1.20 bits per heavy atom. The molecule has 0 aliphatic rings. The van der Waals surface area contributed by atoms with Gasteiger partial charge in [0.15, 0.2) is 4.80 Å². The Balaban J connectivity index is 1.95. The van der Waals surface area contributed by atoms with Crippen LogP contribution >= 0.6 is 11.3 Å². The fourth-order valence-corrected chi connectivity index (χ4v) is 3.41. The normalized spacial score (nSPS) is 12.0. The summed E-state index contributed by atoms with van der Waals surface area (Å²) >= 11 is 1.44. The van der Waals surface area contributed by atoms with E-state index in [0.717, 1.165) is 28.3 Å². The summed E-state index contributed by atoms with van der Waals surface area (Å²) in [7, 11) is 1.87. The maximum absolute atomic E-state index is 12.3. The van der Waals surface area contributed by atoms with Gasteiger partial charge in [-0.15, -0.1) is 11.3 Å². The number of hydrogen-bond acceptors (Lipinski definition) is 5. The lowest BCUT2D eigenvalue weighted by Gasteiger charge is -2.05. The highest BCUT2D eigenvalue weighted by Gasteiger charge is 2.17. The van der Waals surface area contributed by atoms with E-state index in [0.29, 0.717) is 10.7 Å². The summed E-state index contributed by atoms with van der Waals surface area (Å²) < 4.78 is 3.53. The minimum atomic E-state index is -0.190. The number of aryl methyl sites for hydroxylation is 4. The van der Waals surface area contributed by atoms with Gasteiger partial charge < -0.3 is 4.57 Å². The number of carbonyl (C=O) groups excluding carboxylic acids is 1. The summed E-state index contributed by atoms with van der Waals surface area (Å²) in [5, 5.41) is 6.43. The third-order valence-electron chi connectivity index (χ3n) is 3.91. The van der Waals surface area contributed by atoms with Crippen LogP contribution in [0.25, 0.3) is 5.95 Å². The van der Waals surface area contributed by atoms with Crippen molar-refractivity contribution in [2.75, 3.05) is 0 Å². The molecule has 0 aliphatic heterocycles. The lowest BCUT2D eigenvalue weighted by Crippen LogP contribution is -2.14. The second kappa shape index (κ2) is 6.72. The van der Waals surface area contributed by atoms with Crippen LogP contribution in [0.15, 0.2) is 22.6 Å². The van der Waals surface area contributed by atoms with Crippen molar-refractivity contribution in [3.63, 3.8) is 0 Å². The lowest BCUT2D eigenvalue weighted by atomic mass is 10.1. The largest absolute Gasteiger partial charge is 0.327 e. The van der Waals surface area contributed by atoms with Gasteiger partial charge in [-0.05, 0) is 33.8 Å². The van der Waals surface area contributed by atoms with Crippen LogP contribution in [0.4, 0.5) is 0 Å². The molecule has 0 bridgehead atoms. The Labute approximate surface area is 149 Å².